The molecule has 1 aliphatic rings. The Bertz CT molecular complexity index is 1340. The van der Waals surface area contributed by atoms with Crippen LogP contribution in [0.3, 0.4) is 0 Å². The van der Waals surface area contributed by atoms with Gasteiger partial charge in [0.15, 0.2) is 6.61 Å². The zero-order valence-electron chi connectivity index (χ0n) is 18.5. The van der Waals surface area contributed by atoms with Gasteiger partial charge in [0.05, 0.1) is 11.3 Å². The first-order valence-electron chi connectivity index (χ1n) is 10.8. The number of alkyl halides is 3. The second-order valence-corrected chi connectivity index (χ2v) is 8.41. The van der Waals surface area contributed by atoms with Crippen molar-refractivity contribution in [1.29, 1.82) is 0 Å². The lowest BCUT2D eigenvalue weighted by atomic mass is 9.94. The van der Waals surface area contributed by atoms with Crippen molar-refractivity contribution in [3.05, 3.63) is 76.3 Å². The molecular formula is C25H18ClF3N2O5. The fraction of sp³-hybridized carbons (Fsp3) is 0.200. The third-order valence-electron chi connectivity index (χ3n) is 5.54. The first kappa shape index (κ1) is 25.2. The number of ether oxygens (including phenoxy) is 1. The van der Waals surface area contributed by atoms with Gasteiger partial charge in [0, 0.05) is 34.5 Å². The smallest absolute Gasteiger partial charge is 0.418 e. The van der Waals surface area contributed by atoms with Crippen molar-refractivity contribution in [3.8, 4) is 0 Å². The van der Waals surface area contributed by atoms with Gasteiger partial charge in [0.2, 0.25) is 0 Å². The van der Waals surface area contributed by atoms with E-state index in [0.29, 0.717) is 22.6 Å². The number of esters is 1. The van der Waals surface area contributed by atoms with E-state index in [2.05, 4.69) is 0 Å². The molecule has 3 aromatic rings. The van der Waals surface area contributed by atoms with Crippen LogP contribution in [0.25, 0.3) is 10.8 Å². The molecule has 0 aromatic heterocycles. The number of anilines is 1. The fourth-order valence-corrected chi connectivity index (χ4v) is 4.10. The molecule has 0 saturated heterocycles. The SMILES string of the molecule is O=C(COC(=O)CCCN1C(=O)c2cccc3cccc(c23)C1=O)Nc1ccc(Cl)cc1C(F)(F)F. The molecular weight excluding hydrogens is 501 g/mol. The van der Waals surface area contributed by atoms with Crippen LogP contribution in [-0.2, 0) is 20.5 Å². The summed E-state index contributed by atoms with van der Waals surface area (Å²) in [7, 11) is 0. The van der Waals surface area contributed by atoms with Gasteiger partial charge in [0.25, 0.3) is 17.7 Å². The number of nitrogens with one attached hydrogen (secondary N) is 1. The molecule has 1 heterocycles. The van der Waals surface area contributed by atoms with Gasteiger partial charge >= 0.3 is 12.1 Å². The number of rotatable bonds is 7. The summed E-state index contributed by atoms with van der Waals surface area (Å²) in [5.74, 6) is -2.72. The molecule has 0 saturated carbocycles. The monoisotopic (exact) mass is 518 g/mol. The average molecular weight is 519 g/mol. The Morgan fingerprint density at radius 2 is 1.61 bits per heavy atom. The van der Waals surface area contributed by atoms with Gasteiger partial charge < -0.3 is 10.1 Å². The molecule has 0 fully saturated rings. The highest BCUT2D eigenvalue weighted by Crippen LogP contribution is 2.36. The number of carbonyl (C=O) groups is 4. The molecule has 36 heavy (non-hydrogen) atoms. The summed E-state index contributed by atoms with van der Waals surface area (Å²) in [5, 5.41) is 3.25. The number of benzene rings is 3. The largest absolute Gasteiger partial charge is 0.456 e. The van der Waals surface area contributed by atoms with Crippen molar-refractivity contribution in [1.82, 2.24) is 4.90 Å². The maximum atomic E-state index is 13.1. The van der Waals surface area contributed by atoms with E-state index < -0.39 is 47.7 Å². The molecule has 3 aromatic carbocycles. The highest BCUT2D eigenvalue weighted by Gasteiger charge is 2.34. The van der Waals surface area contributed by atoms with E-state index in [1.807, 2.05) is 17.4 Å². The summed E-state index contributed by atoms with van der Waals surface area (Å²) in [6, 6.07) is 13.2. The van der Waals surface area contributed by atoms with Crippen molar-refractivity contribution in [2.45, 2.75) is 19.0 Å². The minimum absolute atomic E-state index is 0.0522. The van der Waals surface area contributed by atoms with Crippen molar-refractivity contribution < 1.29 is 37.1 Å². The summed E-state index contributed by atoms with van der Waals surface area (Å²) >= 11 is 5.60. The van der Waals surface area contributed by atoms with Crippen LogP contribution in [0.4, 0.5) is 18.9 Å². The van der Waals surface area contributed by atoms with Gasteiger partial charge in [-0.15, -0.1) is 0 Å². The number of hydrogen-bond donors (Lipinski definition) is 1. The first-order chi connectivity index (χ1) is 17.1. The summed E-state index contributed by atoms with van der Waals surface area (Å²) < 4.78 is 44.2. The maximum Gasteiger partial charge on any atom is 0.418 e. The lowest BCUT2D eigenvalue weighted by Crippen LogP contribution is -2.41. The number of halogens is 4. The molecule has 1 aliphatic heterocycles. The zero-order chi connectivity index (χ0) is 26.0. The molecule has 0 unspecified atom stereocenters. The van der Waals surface area contributed by atoms with Crippen LogP contribution in [-0.4, -0.2) is 41.7 Å². The molecule has 3 amide bonds. The summed E-state index contributed by atoms with van der Waals surface area (Å²) in [4.78, 5) is 50.8. The zero-order valence-corrected chi connectivity index (χ0v) is 19.3. The molecule has 4 rings (SSSR count). The van der Waals surface area contributed by atoms with E-state index in [1.54, 1.807) is 24.3 Å². The Labute approximate surface area is 207 Å². The molecule has 186 valence electrons. The summed E-state index contributed by atoms with van der Waals surface area (Å²) in [5.41, 5.74) is -0.877. The van der Waals surface area contributed by atoms with Crippen LogP contribution >= 0.6 is 11.6 Å². The lowest BCUT2D eigenvalue weighted by Gasteiger charge is -2.27. The molecule has 11 heteroatoms. The lowest BCUT2D eigenvalue weighted by molar-refractivity contribution is -0.147. The van der Waals surface area contributed by atoms with Crippen LogP contribution in [0.5, 0.6) is 0 Å². The van der Waals surface area contributed by atoms with Crippen molar-refractivity contribution >= 4 is 51.8 Å². The predicted molar refractivity (Wildman–Crippen MR) is 125 cm³/mol. The Hall–Kier alpha value is -3.92. The van der Waals surface area contributed by atoms with Crippen molar-refractivity contribution in [3.63, 3.8) is 0 Å². The minimum atomic E-state index is -4.75. The number of imide groups is 1. The molecule has 0 bridgehead atoms. The van der Waals surface area contributed by atoms with E-state index in [-0.39, 0.29) is 24.4 Å². The molecule has 0 aliphatic carbocycles. The van der Waals surface area contributed by atoms with Gasteiger partial charge in [-0.25, -0.2) is 0 Å². The Morgan fingerprint density at radius 1 is 0.972 bits per heavy atom. The second kappa shape index (κ2) is 9.98. The van der Waals surface area contributed by atoms with Crippen LogP contribution in [0.15, 0.2) is 54.6 Å². The van der Waals surface area contributed by atoms with Gasteiger partial charge in [-0.2, -0.15) is 13.2 Å². The molecule has 1 N–H and O–H groups in total. The number of carbonyl (C=O) groups excluding carboxylic acids is 4. The van der Waals surface area contributed by atoms with Crippen LogP contribution in [0.2, 0.25) is 5.02 Å². The van der Waals surface area contributed by atoms with Crippen LogP contribution < -0.4 is 5.32 Å². The van der Waals surface area contributed by atoms with Gasteiger partial charge in [-0.05, 0) is 42.1 Å². The van der Waals surface area contributed by atoms with Gasteiger partial charge in [-0.1, -0.05) is 35.9 Å². The van der Waals surface area contributed by atoms with Crippen molar-refractivity contribution in [2.24, 2.45) is 0 Å². The molecule has 0 atom stereocenters. The highest BCUT2D eigenvalue weighted by molar-refractivity contribution is 6.30. The maximum absolute atomic E-state index is 13.1. The third-order valence-corrected chi connectivity index (χ3v) is 5.78. The Balaban J connectivity index is 1.30. The number of nitrogens with zero attached hydrogens (tertiary/aromatic N) is 1. The normalized spacial score (nSPS) is 13.2. The quantitative estimate of drug-likeness (QED) is 0.348. The fourth-order valence-electron chi connectivity index (χ4n) is 3.93. The van der Waals surface area contributed by atoms with E-state index >= 15 is 0 Å². The van der Waals surface area contributed by atoms with E-state index in [9.17, 15) is 32.3 Å². The average Bonchev–Trinajstić information content (AvgIpc) is 2.83. The topological polar surface area (TPSA) is 92.8 Å². The molecule has 0 spiro atoms. The molecule has 0 radical (unpaired) electrons. The third kappa shape index (κ3) is 5.18. The van der Waals surface area contributed by atoms with Gasteiger partial charge in [-0.3, -0.25) is 24.1 Å². The summed E-state index contributed by atoms with van der Waals surface area (Å²) in [6.07, 6.45) is -4.89. The predicted octanol–water partition coefficient (Wildman–Crippen LogP) is 5.07. The van der Waals surface area contributed by atoms with Gasteiger partial charge in [0.1, 0.15) is 0 Å². The molecule has 7 nitrogen and oxygen atoms in total. The second-order valence-electron chi connectivity index (χ2n) is 7.97. The standard InChI is InChI=1S/C25H18ClF3N2O5/c26-15-9-10-19(18(12-15)25(27,28)29)30-20(32)13-36-21(33)8-3-11-31-23(34)16-6-1-4-14-5-2-7-17(22(14)16)24(31)35/h1-2,4-7,9-10,12H,3,8,11,13H2,(H,30,32). The number of hydrogen-bond acceptors (Lipinski definition) is 5. The Kier molecular flexibility index (Phi) is 6.98. The van der Waals surface area contributed by atoms with Crippen LogP contribution in [0.1, 0.15) is 39.1 Å². The summed E-state index contributed by atoms with van der Waals surface area (Å²) in [6.45, 7) is -0.862. The van der Waals surface area contributed by atoms with Crippen LogP contribution in [0, 0.1) is 0 Å². The van der Waals surface area contributed by atoms with E-state index in [4.69, 9.17) is 16.3 Å². The number of amides is 3. The van der Waals surface area contributed by atoms with E-state index in [0.717, 1.165) is 16.4 Å². The highest BCUT2D eigenvalue weighted by atomic mass is 35.5. The first-order valence-corrected chi connectivity index (χ1v) is 11.1. The minimum Gasteiger partial charge on any atom is -0.456 e. The van der Waals surface area contributed by atoms with E-state index in [1.165, 1.54) is 6.07 Å². The Morgan fingerprint density at radius 3 is 2.22 bits per heavy atom. The van der Waals surface area contributed by atoms with Crippen molar-refractivity contribution in [2.75, 3.05) is 18.5 Å².